The molecule has 0 unspecified atom stereocenters. The first kappa shape index (κ1) is 32.7. The molecule has 0 radical (unpaired) electrons. The Labute approximate surface area is 330 Å². The highest BCUT2D eigenvalue weighted by atomic mass is 15.0. The molecule has 0 aliphatic carbocycles. The van der Waals surface area contributed by atoms with Gasteiger partial charge in [-0.2, -0.15) is 0 Å². The molecule has 0 saturated carbocycles. The van der Waals surface area contributed by atoms with E-state index in [0.29, 0.717) is 17.5 Å². The van der Waals surface area contributed by atoms with Crippen molar-refractivity contribution in [3.8, 4) is 62.1 Å². The Kier molecular flexibility index (Phi) is 7.78. The minimum Gasteiger partial charge on any atom is -0.309 e. The Morgan fingerprint density at radius 3 is 1.39 bits per heavy atom. The van der Waals surface area contributed by atoms with Crippen LogP contribution in [0.25, 0.3) is 105 Å². The van der Waals surface area contributed by atoms with Crippen molar-refractivity contribution >= 4 is 43.4 Å². The van der Waals surface area contributed by atoms with Crippen molar-refractivity contribution in [1.29, 1.82) is 0 Å². The highest BCUT2D eigenvalue weighted by Crippen LogP contribution is 2.38. The first-order chi connectivity index (χ1) is 28.2. The Bertz CT molecular complexity index is 3220. The van der Waals surface area contributed by atoms with Gasteiger partial charge in [0.2, 0.25) is 0 Å². The predicted octanol–water partition coefficient (Wildman–Crippen LogP) is 13.6. The van der Waals surface area contributed by atoms with E-state index in [0.717, 1.165) is 44.3 Å². The first-order valence-corrected chi connectivity index (χ1v) is 19.3. The highest BCUT2D eigenvalue weighted by molar-refractivity contribution is 6.11. The van der Waals surface area contributed by atoms with Crippen molar-refractivity contribution in [3.05, 3.63) is 206 Å². The van der Waals surface area contributed by atoms with Crippen LogP contribution >= 0.6 is 0 Å². The van der Waals surface area contributed by atoms with Crippen molar-refractivity contribution in [2.24, 2.45) is 0 Å². The first-order valence-electron chi connectivity index (χ1n) is 19.3. The number of fused-ring (bicyclic) bond motifs is 5. The lowest BCUT2D eigenvalue weighted by Crippen LogP contribution is -2.02. The summed E-state index contributed by atoms with van der Waals surface area (Å²) in [5.74, 6) is 1.89. The van der Waals surface area contributed by atoms with Gasteiger partial charge in [0.1, 0.15) is 0 Å². The second-order valence-corrected chi connectivity index (χ2v) is 14.4. The van der Waals surface area contributed by atoms with Gasteiger partial charge in [-0.15, -0.1) is 0 Å². The van der Waals surface area contributed by atoms with Gasteiger partial charge in [-0.3, -0.25) is 0 Å². The molecule has 266 valence electrons. The van der Waals surface area contributed by atoms with E-state index in [4.69, 9.17) is 15.0 Å². The summed E-state index contributed by atoms with van der Waals surface area (Å²) in [6.07, 6.45) is 0. The van der Waals surface area contributed by atoms with Crippen LogP contribution in [0.1, 0.15) is 0 Å². The average molecular weight is 727 g/mol. The molecule has 0 N–H and O–H groups in total. The third kappa shape index (κ3) is 5.74. The maximum Gasteiger partial charge on any atom is 0.164 e. The lowest BCUT2D eigenvalue weighted by molar-refractivity contribution is 1.08. The Hall–Kier alpha value is -7.69. The molecule has 2 aromatic heterocycles. The molecule has 0 fully saturated rings. The number of hydrogen-bond donors (Lipinski definition) is 0. The summed E-state index contributed by atoms with van der Waals surface area (Å²) in [5.41, 5.74) is 10.9. The van der Waals surface area contributed by atoms with Crippen LogP contribution in [0.2, 0.25) is 0 Å². The van der Waals surface area contributed by atoms with Gasteiger partial charge >= 0.3 is 0 Å². The fraction of sp³-hybridized carbons (Fsp3) is 0. The zero-order chi connectivity index (χ0) is 37.7. The van der Waals surface area contributed by atoms with E-state index in [2.05, 4.69) is 205 Å². The Balaban J connectivity index is 1.07. The fourth-order valence-electron chi connectivity index (χ4n) is 8.23. The third-order valence-electron chi connectivity index (χ3n) is 11.1. The smallest absolute Gasteiger partial charge is 0.164 e. The summed E-state index contributed by atoms with van der Waals surface area (Å²) >= 11 is 0. The normalized spacial score (nSPS) is 11.5. The molecule has 9 aromatic carbocycles. The van der Waals surface area contributed by atoms with Crippen LogP contribution in [-0.2, 0) is 0 Å². The summed E-state index contributed by atoms with van der Waals surface area (Å²) in [4.78, 5) is 15.6. The van der Waals surface area contributed by atoms with Crippen LogP contribution in [-0.4, -0.2) is 19.5 Å². The second-order valence-electron chi connectivity index (χ2n) is 14.4. The van der Waals surface area contributed by atoms with Crippen molar-refractivity contribution in [1.82, 2.24) is 19.5 Å². The molecule has 0 aliphatic rings. The standard InChI is InChI=1S/C53H34N4/c1-2-12-35(13-3-1)37-22-27-39(28-23-37)51-54-52(40-29-24-38(25-30-40)42-31-26-36-14-4-5-15-41(36)34-42)56-53(55-51)47-32-33-50(44-17-7-6-16-43(44)47)57-48-20-10-8-18-45(48)46-19-9-11-21-49(46)57/h1-34H. The van der Waals surface area contributed by atoms with E-state index >= 15 is 0 Å². The molecule has 0 aliphatic heterocycles. The van der Waals surface area contributed by atoms with E-state index in [1.54, 1.807) is 0 Å². The van der Waals surface area contributed by atoms with E-state index in [-0.39, 0.29) is 0 Å². The molecule has 57 heavy (non-hydrogen) atoms. The van der Waals surface area contributed by atoms with Crippen molar-refractivity contribution < 1.29 is 0 Å². The molecule has 4 nitrogen and oxygen atoms in total. The molecular formula is C53H34N4. The molecule has 0 bridgehead atoms. The van der Waals surface area contributed by atoms with Crippen LogP contribution in [0, 0.1) is 0 Å². The van der Waals surface area contributed by atoms with E-state index in [1.807, 2.05) is 6.07 Å². The number of rotatable bonds is 6. The summed E-state index contributed by atoms with van der Waals surface area (Å²) < 4.78 is 2.38. The number of nitrogens with zero attached hydrogens (tertiary/aromatic N) is 4. The summed E-state index contributed by atoms with van der Waals surface area (Å²) in [7, 11) is 0. The number of aromatic nitrogens is 4. The monoisotopic (exact) mass is 726 g/mol. The molecule has 2 heterocycles. The van der Waals surface area contributed by atoms with Crippen LogP contribution in [0.5, 0.6) is 0 Å². The third-order valence-corrected chi connectivity index (χ3v) is 11.1. The minimum atomic E-state index is 0.628. The Morgan fingerprint density at radius 2 is 0.737 bits per heavy atom. The summed E-state index contributed by atoms with van der Waals surface area (Å²) in [6.45, 7) is 0. The van der Waals surface area contributed by atoms with Crippen LogP contribution < -0.4 is 0 Å². The maximum atomic E-state index is 5.22. The summed E-state index contributed by atoms with van der Waals surface area (Å²) in [6, 6.07) is 72.8. The van der Waals surface area contributed by atoms with Crippen LogP contribution in [0.15, 0.2) is 206 Å². The van der Waals surface area contributed by atoms with E-state index in [1.165, 1.54) is 43.7 Å². The highest BCUT2D eigenvalue weighted by Gasteiger charge is 2.19. The van der Waals surface area contributed by atoms with Gasteiger partial charge in [-0.1, -0.05) is 176 Å². The topological polar surface area (TPSA) is 43.6 Å². The predicted molar refractivity (Wildman–Crippen MR) is 236 cm³/mol. The summed E-state index contributed by atoms with van der Waals surface area (Å²) in [5, 5.41) is 7.12. The zero-order valence-corrected chi connectivity index (χ0v) is 30.9. The largest absolute Gasteiger partial charge is 0.309 e. The number of benzene rings is 9. The maximum absolute atomic E-state index is 5.22. The SMILES string of the molecule is c1ccc(-c2ccc(-c3nc(-c4ccc(-c5ccc6ccccc6c5)cc4)nc(-c4ccc(-n5c6ccccc6c6ccccc65)c5ccccc45)n3)cc2)cc1. The fourth-order valence-corrected chi connectivity index (χ4v) is 8.23. The number of hydrogen-bond acceptors (Lipinski definition) is 3. The zero-order valence-electron chi connectivity index (χ0n) is 30.9. The second kappa shape index (κ2) is 13.6. The minimum absolute atomic E-state index is 0.628. The van der Waals surface area contributed by atoms with Gasteiger partial charge in [0.25, 0.3) is 0 Å². The van der Waals surface area contributed by atoms with Crippen LogP contribution in [0.3, 0.4) is 0 Å². The molecule has 0 spiro atoms. The van der Waals surface area contributed by atoms with Gasteiger partial charge in [0.05, 0.1) is 16.7 Å². The van der Waals surface area contributed by atoms with Crippen molar-refractivity contribution in [3.63, 3.8) is 0 Å². The molecule has 0 atom stereocenters. The Morgan fingerprint density at radius 1 is 0.281 bits per heavy atom. The lowest BCUT2D eigenvalue weighted by atomic mass is 10.00. The molecule has 4 heteroatoms. The molecule has 0 amide bonds. The average Bonchev–Trinajstić information content (AvgIpc) is 3.63. The van der Waals surface area contributed by atoms with Crippen LogP contribution in [0.4, 0.5) is 0 Å². The van der Waals surface area contributed by atoms with Gasteiger partial charge in [-0.05, 0) is 68.7 Å². The quantitative estimate of drug-likeness (QED) is 0.171. The van der Waals surface area contributed by atoms with Gasteiger partial charge in [0, 0.05) is 32.8 Å². The van der Waals surface area contributed by atoms with E-state index in [9.17, 15) is 0 Å². The molecule has 11 rings (SSSR count). The van der Waals surface area contributed by atoms with Crippen molar-refractivity contribution in [2.75, 3.05) is 0 Å². The van der Waals surface area contributed by atoms with Crippen molar-refractivity contribution in [2.45, 2.75) is 0 Å². The van der Waals surface area contributed by atoms with Gasteiger partial charge in [0.15, 0.2) is 17.5 Å². The number of para-hydroxylation sites is 2. The van der Waals surface area contributed by atoms with Gasteiger partial charge < -0.3 is 4.57 Å². The lowest BCUT2D eigenvalue weighted by Gasteiger charge is -2.15. The van der Waals surface area contributed by atoms with E-state index < -0.39 is 0 Å². The molecule has 11 aromatic rings. The molecular weight excluding hydrogens is 693 g/mol. The molecule has 0 saturated heterocycles. The van der Waals surface area contributed by atoms with Gasteiger partial charge in [-0.25, -0.2) is 15.0 Å².